The summed E-state index contributed by atoms with van der Waals surface area (Å²) in [5.74, 6) is 1.19. The third kappa shape index (κ3) is 5.42. The summed E-state index contributed by atoms with van der Waals surface area (Å²) < 4.78 is 11.4. The second kappa shape index (κ2) is 9.50. The van der Waals surface area contributed by atoms with Gasteiger partial charge in [0.1, 0.15) is 18.2 Å². The van der Waals surface area contributed by atoms with E-state index in [2.05, 4.69) is 9.97 Å². The van der Waals surface area contributed by atoms with Crippen LogP contribution in [-0.2, 0) is 16.0 Å². The largest absolute Gasteiger partial charge is 0.492 e. The molecule has 1 aromatic carbocycles. The zero-order chi connectivity index (χ0) is 19.9. The van der Waals surface area contributed by atoms with E-state index < -0.39 is 0 Å². The molecule has 150 valence electrons. The van der Waals surface area contributed by atoms with Crippen LogP contribution in [0.1, 0.15) is 29.9 Å². The number of nitrogens with one attached hydrogen (secondary N) is 1. The normalized spacial score (nSPS) is 16.1. The maximum Gasteiger partial charge on any atom is 0.254 e. The number of amides is 1. The van der Waals surface area contributed by atoms with Crippen molar-refractivity contribution >= 4 is 5.91 Å². The zero-order valence-electron chi connectivity index (χ0n) is 16.4. The molecule has 7 heteroatoms. The second-order valence-electron chi connectivity index (χ2n) is 7.03. The number of nitrogens with zero attached hydrogens (tertiary/aromatic N) is 2. The molecular weight excluding hydrogens is 358 g/mol. The molecule has 2 aromatic rings. The van der Waals surface area contributed by atoms with Crippen molar-refractivity contribution < 1.29 is 14.3 Å². The molecule has 0 aliphatic carbocycles. The summed E-state index contributed by atoms with van der Waals surface area (Å²) in [6, 6.07) is 9.50. The average molecular weight is 385 g/mol. The van der Waals surface area contributed by atoms with Gasteiger partial charge in [0, 0.05) is 24.4 Å². The van der Waals surface area contributed by atoms with Crippen LogP contribution in [0.4, 0.5) is 0 Å². The van der Waals surface area contributed by atoms with Crippen molar-refractivity contribution in [3.05, 3.63) is 57.8 Å². The van der Waals surface area contributed by atoms with Crippen molar-refractivity contribution in [1.82, 2.24) is 14.9 Å². The summed E-state index contributed by atoms with van der Waals surface area (Å²) in [5.41, 5.74) is 0.750. The molecule has 3 rings (SSSR count). The Bertz CT molecular complexity index is 844. The Kier molecular flexibility index (Phi) is 6.81. The molecule has 1 fully saturated rings. The standard InChI is InChI=1S/C21H27N3O4/c1-15-19(21(26)23-16(2)22-15)13-20(25)24(14-18-9-6-11-27-18)10-12-28-17-7-4-3-5-8-17/h3-5,7-8,18H,6,9-14H2,1-2H3,(H,22,23,26). The number of benzene rings is 1. The minimum absolute atomic E-state index is 0.0203. The highest BCUT2D eigenvalue weighted by Crippen LogP contribution is 2.15. The van der Waals surface area contributed by atoms with Gasteiger partial charge in [-0.25, -0.2) is 4.98 Å². The second-order valence-corrected chi connectivity index (χ2v) is 7.03. The smallest absolute Gasteiger partial charge is 0.254 e. The number of aromatic nitrogens is 2. The van der Waals surface area contributed by atoms with Gasteiger partial charge in [0.25, 0.3) is 5.56 Å². The number of rotatable bonds is 8. The number of hydrogen-bond donors (Lipinski definition) is 1. The van der Waals surface area contributed by atoms with Gasteiger partial charge in [0.15, 0.2) is 0 Å². The summed E-state index contributed by atoms with van der Waals surface area (Å²) in [7, 11) is 0. The lowest BCUT2D eigenvalue weighted by Gasteiger charge is -2.25. The van der Waals surface area contributed by atoms with Crippen LogP contribution >= 0.6 is 0 Å². The van der Waals surface area contributed by atoms with E-state index in [4.69, 9.17) is 9.47 Å². The van der Waals surface area contributed by atoms with Crippen molar-refractivity contribution in [2.45, 2.75) is 39.2 Å². The van der Waals surface area contributed by atoms with E-state index in [1.807, 2.05) is 30.3 Å². The first-order valence-corrected chi connectivity index (χ1v) is 9.66. The number of aromatic amines is 1. The van der Waals surface area contributed by atoms with Gasteiger partial charge in [-0.2, -0.15) is 0 Å². The number of carbonyl (C=O) groups is 1. The molecule has 2 heterocycles. The van der Waals surface area contributed by atoms with Crippen LogP contribution in [0, 0.1) is 13.8 Å². The van der Waals surface area contributed by atoms with Gasteiger partial charge in [0.05, 0.1) is 19.1 Å². The molecule has 1 amide bonds. The molecule has 28 heavy (non-hydrogen) atoms. The Balaban J connectivity index is 1.66. The third-order valence-corrected chi connectivity index (χ3v) is 4.84. The first-order chi connectivity index (χ1) is 13.5. The van der Waals surface area contributed by atoms with Crippen LogP contribution < -0.4 is 10.3 Å². The zero-order valence-corrected chi connectivity index (χ0v) is 16.4. The molecular formula is C21H27N3O4. The molecule has 7 nitrogen and oxygen atoms in total. The fourth-order valence-electron chi connectivity index (χ4n) is 3.36. The van der Waals surface area contributed by atoms with Gasteiger partial charge in [-0.3, -0.25) is 9.59 Å². The number of aryl methyl sites for hydroxylation is 2. The van der Waals surface area contributed by atoms with Crippen molar-refractivity contribution in [1.29, 1.82) is 0 Å². The molecule has 1 aliphatic rings. The Labute approximate surface area is 164 Å². The van der Waals surface area contributed by atoms with Crippen molar-refractivity contribution in [2.75, 3.05) is 26.3 Å². The first-order valence-electron chi connectivity index (χ1n) is 9.66. The Morgan fingerprint density at radius 2 is 2.11 bits per heavy atom. The topological polar surface area (TPSA) is 84.5 Å². The van der Waals surface area contributed by atoms with Crippen LogP contribution in [0.15, 0.2) is 35.1 Å². The Morgan fingerprint density at radius 1 is 1.32 bits per heavy atom. The van der Waals surface area contributed by atoms with Gasteiger partial charge in [0.2, 0.25) is 5.91 Å². The van der Waals surface area contributed by atoms with Crippen LogP contribution in [-0.4, -0.2) is 53.2 Å². The molecule has 1 atom stereocenters. The monoisotopic (exact) mass is 385 g/mol. The summed E-state index contributed by atoms with van der Waals surface area (Å²) >= 11 is 0. The van der Waals surface area contributed by atoms with Crippen molar-refractivity contribution in [3.63, 3.8) is 0 Å². The van der Waals surface area contributed by atoms with E-state index in [1.165, 1.54) is 0 Å². The van der Waals surface area contributed by atoms with Gasteiger partial charge in [-0.05, 0) is 38.8 Å². The highest BCUT2D eigenvalue weighted by atomic mass is 16.5. The minimum atomic E-state index is -0.254. The van der Waals surface area contributed by atoms with Crippen LogP contribution in [0.2, 0.25) is 0 Å². The van der Waals surface area contributed by atoms with E-state index in [-0.39, 0.29) is 24.0 Å². The van der Waals surface area contributed by atoms with E-state index in [0.29, 0.717) is 36.8 Å². The highest BCUT2D eigenvalue weighted by Gasteiger charge is 2.24. The summed E-state index contributed by atoms with van der Waals surface area (Å²) in [4.78, 5) is 33.9. The number of para-hydroxylation sites is 1. The Hall–Kier alpha value is -2.67. The fraction of sp³-hybridized carbons (Fsp3) is 0.476. The fourth-order valence-corrected chi connectivity index (χ4v) is 3.36. The van der Waals surface area contributed by atoms with Crippen LogP contribution in [0.5, 0.6) is 5.75 Å². The minimum Gasteiger partial charge on any atom is -0.492 e. The Morgan fingerprint density at radius 3 is 2.79 bits per heavy atom. The molecule has 1 N–H and O–H groups in total. The maximum absolute atomic E-state index is 13.0. The number of ether oxygens (including phenoxy) is 2. The van der Waals surface area contributed by atoms with E-state index in [1.54, 1.807) is 18.7 Å². The first kappa shape index (κ1) is 20.1. The maximum atomic E-state index is 13.0. The molecule has 1 aliphatic heterocycles. The molecule has 1 unspecified atom stereocenters. The summed E-state index contributed by atoms with van der Waals surface area (Å²) in [5, 5.41) is 0. The highest BCUT2D eigenvalue weighted by molar-refractivity contribution is 5.79. The SMILES string of the molecule is Cc1nc(C)c(CC(=O)N(CCOc2ccccc2)CC2CCCO2)c(=O)[nH]1. The van der Waals surface area contributed by atoms with Crippen molar-refractivity contribution in [2.24, 2.45) is 0 Å². The predicted molar refractivity (Wildman–Crippen MR) is 106 cm³/mol. The lowest BCUT2D eigenvalue weighted by Crippen LogP contribution is -2.41. The number of H-pyrrole nitrogens is 1. The van der Waals surface area contributed by atoms with E-state index in [0.717, 1.165) is 25.2 Å². The van der Waals surface area contributed by atoms with Gasteiger partial charge >= 0.3 is 0 Å². The average Bonchev–Trinajstić information content (AvgIpc) is 3.17. The summed E-state index contributed by atoms with van der Waals surface area (Å²) in [6.07, 6.45) is 2.01. The van der Waals surface area contributed by atoms with Crippen LogP contribution in [0.25, 0.3) is 0 Å². The van der Waals surface area contributed by atoms with Gasteiger partial charge in [-0.15, -0.1) is 0 Å². The van der Waals surface area contributed by atoms with Gasteiger partial charge in [-0.1, -0.05) is 18.2 Å². The molecule has 0 saturated carbocycles. The molecule has 0 radical (unpaired) electrons. The quantitative estimate of drug-likeness (QED) is 0.751. The van der Waals surface area contributed by atoms with E-state index >= 15 is 0 Å². The van der Waals surface area contributed by atoms with E-state index in [9.17, 15) is 9.59 Å². The molecule has 1 saturated heterocycles. The molecule has 1 aromatic heterocycles. The third-order valence-electron chi connectivity index (χ3n) is 4.84. The van der Waals surface area contributed by atoms with Gasteiger partial charge < -0.3 is 19.4 Å². The van der Waals surface area contributed by atoms with Crippen molar-refractivity contribution in [3.8, 4) is 5.75 Å². The number of hydrogen-bond acceptors (Lipinski definition) is 5. The summed E-state index contributed by atoms with van der Waals surface area (Å²) in [6.45, 7) is 5.54. The molecule has 0 bridgehead atoms. The number of carbonyl (C=O) groups excluding carboxylic acids is 1. The van der Waals surface area contributed by atoms with Crippen LogP contribution in [0.3, 0.4) is 0 Å². The molecule has 0 spiro atoms. The predicted octanol–water partition coefficient (Wildman–Crippen LogP) is 2.02. The lowest BCUT2D eigenvalue weighted by molar-refractivity contribution is -0.132. The lowest BCUT2D eigenvalue weighted by atomic mass is 10.1.